The summed E-state index contributed by atoms with van der Waals surface area (Å²) in [6, 6.07) is 8.23. The summed E-state index contributed by atoms with van der Waals surface area (Å²) in [6.45, 7) is 19.1. The predicted molar refractivity (Wildman–Crippen MR) is 259 cm³/mol. The van der Waals surface area contributed by atoms with Gasteiger partial charge in [0.2, 0.25) is 5.91 Å². The van der Waals surface area contributed by atoms with Crippen LogP contribution in [-0.4, -0.2) is 126 Å². The van der Waals surface area contributed by atoms with E-state index in [1.807, 2.05) is 12.3 Å². The molecule has 1 saturated carbocycles. The van der Waals surface area contributed by atoms with Crippen molar-refractivity contribution in [3.05, 3.63) is 57.7 Å². The number of nitrogens with one attached hydrogen (secondary N) is 2. The number of piperidine rings is 1. The average Bonchev–Trinajstić information content (AvgIpc) is 3.59. The van der Waals surface area contributed by atoms with Gasteiger partial charge in [0.25, 0.3) is 5.91 Å². The van der Waals surface area contributed by atoms with E-state index in [1.165, 1.54) is 21.9 Å². The van der Waals surface area contributed by atoms with E-state index in [0.717, 1.165) is 83.9 Å². The summed E-state index contributed by atoms with van der Waals surface area (Å²) in [5, 5.41) is 8.27. The first-order valence-corrected chi connectivity index (χ1v) is 25.9. The van der Waals surface area contributed by atoms with Crippen molar-refractivity contribution in [1.29, 1.82) is 0 Å². The SMILES string of the molecule is CCO[C@@H]1c2nc(cs2)-c2ccc3c(c2)c(c(-c2cc(C4CC5COCC(C4)N5C4COC4)cnc2[C@H](C)OC)n3CC)CC(C)(C)COC(=O)[C@@H]2CCCN(N2)C(=O)[C@H]1NC(=O)C1[C@@H](C)[C@H]1C. The lowest BCUT2D eigenvalue weighted by Gasteiger charge is -2.53. The number of aromatic nitrogens is 3. The molecule has 3 aromatic heterocycles. The molecule has 2 amide bonds. The summed E-state index contributed by atoms with van der Waals surface area (Å²) in [5.41, 5.74) is 10.8. The van der Waals surface area contributed by atoms with Gasteiger partial charge in [-0.3, -0.25) is 29.3 Å². The number of hydrazine groups is 1. The molecule has 6 aliphatic rings. The molecule has 5 fully saturated rings. The molecular formula is C52H69N7O8S. The molecule has 4 saturated heterocycles. The molecule has 10 rings (SSSR count). The fourth-order valence-electron chi connectivity index (χ4n) is 11.8. The van der Waals surface area contributed by atoms with Crippen LogP contribution in [0.4, 0.5) is 0 Å². The van der Waals surface area contributed by atoms with Gasteiger partial charge in [0.05, 0.1) is 62.3 Å². The molecule has 1 aliphatic carbocycles. The molecular weight excluding hydrogens is 883 g/mol. The molecule has 0 radical (unpaired) electrons. The van der Waals surface area contributed by atoms with E-state index in [1.54, 1.807) is 7.11 Å². The van der Waals surface area contributed by atoms with Gasteiger partial charge in [-0.25, -0.2) is 10.4 Å². The zero-order valence-corrected chi connectivity index (χ0v) is 41.7. The Morgan fingerprint density at radius 2 is 1.78 bits per heavy atom. The quantitative estimate of drug-likeness (QED) is 0.157. The number of aryl methyl sites for hydroxylation is 1. The Balaban J connectivity index is 1.10. The van der Waals surface area contributed by atoms with Gasteiger partial charge in [0.15, 0.2) is 0 Å². The van der Waals surface area contributed by atoms with E-state index in [9.17, 15) is 14.4 Å². The molecule has 2 N–H and O–H groups in total. The highest BCUT2D eigenvalue weighted by atomic mass is 32.1. The molecule has 3 unspecified atom stereocenters. The number of esters is 1. The van der Waals surface area contributed by atoms with Crippen LogP contribution in [-0.2, 0) is 51.0 Å². The molecule has 15 nitrogen and oxygen atoms in total. The summed E-state index contributed by atoms with van der Waals surface area (Å²) in [6.07, 6.45) is 4.60. The highest BCUT2D eigenvalue weighted by molar-refractivity contribution is 7.10. The van der Waals surface area contributed by atoms with Crippen molar-refractivity contribution < 1.29 is 38.1 Å². The van der Waals surface area contributed by atoms with Crippen molar-refractivity contribution in [2.24, 2.45) is 23.2 Å². The summed E-state index contributed by atoms with van der Waals surface area (Å²) < 4.78 is 32.9. The Morgan fingerprint density at radius 3 is 2.46 bits per heavy atom. The van der Waals surface area contributed by atoms with E-state index < -0.39 is 29.6 Å². The third-order valence-electron chi connectivity index (χ3n) is 15.9. The molecule has 0 spiro atoms. The summed E-state index contributed by atoms with van der Waals surface area (Å²) in [4.78, 5) is 55.7. The second kappa shape index (κ2) is 19.1. The van der Waals surface area contributed by atoms with Crippen LogP contribution in [0.25, 0.3) is 33.4 Å². The van der Waals surface area contributed by atoms with Crippen LogP contribution in [0.1, 0.15) is 114 Å². The maximum absolute atomic E-state index is 14.7. The van der Waals surface area contributed by atoms with Crippen molar-refractivity contribution in [3.8, 4) is 22.5 Å². The maximum Gasteiger partial charge on any atom is 0.324 e. The third-order valence-corrected chi connectivity index (χ3v) is 16.8. The first kappa shape index (κ1) is 47.4. The number of carbonyl (C=O) groups excluding carboxylic acids is 3. The second-order valence-corrected chi connectivity index (χ2v) is 21.9. The van der Waals surface area contributed by atoms with Gasteiger partial charge in [-0.05, 0) is 100.0 Å². The lowest BCUT2D eigenvalue weighted by atomic mass is 9.79. The lowest BCUT2D eigenvalue weighted by molar-refractivity contribution is -0.159. The first-order chi connectivity index (χ1) is 32.8. The predicted octanol–water partition coefficient (Wildman–Crippen LogP) is 6.99. The highest BCUT2D eigenvalue weighted by Gasteiger charge is 2.50. The molecule has 8 heterocycles. The van der Waals surface area contributed by atoms with Crippen LogP contribution in [0.15, 0.2) is 35.8 Å². The number of hydrogen-bond donors (Lipinski definition) is 2. The van der Waals surface area contributed by atoms with E-state index in [0.29, 0.717) is 68.0 Å². The van der Waals surface area contributed by atoms with Gasteiger partial charge in [-0.15, -0.1) is 11.3 Å². The number of benzene rings is 1. The fraction of sp³-hybridized carbons (Fsp3) is 0.635. The number of cyclic esters (lactones) is 1. The number of amides is 2. The second-order valence-electron chi connectivity index (χ2n) is 21.0. The third kappa shape index (κ3) is 8.81. The van der Waals surface area contributed by atoms with Crippen LogP contribution >= 0.6 is 11.3 Å². The van der Waals surface area contributed by atoms with E-state index in [4.69, 9.17) is 33.7 Å². The number of fused-ring (bicyclic) bond motifs is 8. The van der Waals surface area contributed by atoms with Crippen molar-refractivity contribution in [2.75, 3.05) is 53.3 Å². The highest BCUT2D eigenvalue weighted by Crippen LogP contribution is 2.47. The molecule has 9 atom stereocenters. The Kier molecular flexibility index (Phi) is 13.3. The van der Waals surface area contributed by atoms with Gasteiger partial charge in [0, 0.05) is 83.8 Å². The number of thiazole rings is 1. The van der Waals surface area contributed by atoms with Crippen LogP contribution in [0.5, 0.6) is 0 Å². The number of hydrogen-bond acceptors (Lipinski definition) is 13. The minimum Gasteiger partial charge on any atom is -0.464 e. The van der Waals surface area contributed by atoms with Gasteiger partial charge in [0.1, 0.15) is 23.2 Å². The molecule has 16 heteroatoms. The molecule has 4 aromatic rings. The standard InChI is InChI=1S/C52H69N7O8S/c1-9-57-42-14-13-31-18-37(42)39(46(57)38-19-33(21-53-44(38)30(5)63-8)32-16-34-22-64-23-35(17-32)59(34)36-24-65-25-36)20-52(6,7)27-67-51(62)40-12-11-15-58(56-40)50(61)45(55-48(60)43-28(3)29(43)4)47(66-10-2)49-54-41(31)26-68-49/h13-14,18-19,21,26,28-30,32,34-36,40,43,45,47,56H,9-12,15-17,20,22-25,27H2,1-8H3,(H,55,60)/t28-,29+,30-,32?,34?,35?,40-,43?,45-,47-/m0/s1. The zero-order valence-electron chi connectivity index (χ0n) is 40.9. The van der Waals surface area contributed by atoms with E-state index in [2.05, 4.69) is 92.2 Å². The number of morpholine rings is 1. The van der Waals surface area contributed by atoms with Crippen LogP contribution < -0.4 is 10.7 Å². The topological polar surface area (TPSA) is 159 Å². The van der Waals surface area contributed by atoms with Gasteiger partial charge in [-0.2, -0.15) is 0 Å². The van der Waals surface area contributed by atoms with Gasteiger partial charge >= 0.3 is 5.97 Å². The summed E-state index contributed by atoms with van der Waals surface area (Å²) in [5.74, 6) is -0.430. The number of pyridine rings is 1. The molecule has 366 valence electrons. The Labute approximate surface area is 403 Å². The van der Waals surface area contributed by atoms with Crippen LogP contribution in [0.2, 0.25) is 0 Å². The monoisotopic (exact) mass is 951 g/mol. The van der Waals surface area contributed by atoms with Crippen molar-refractivity contribution in [1.82, 2.24) is 35.2 Å². The molecule has 1 aromatic carbocycles. The first-order valence-electron chi connectivity index (χ1n) is 25.0. The van der Waals surface area contributed by atoms with E-state index in [-0.39, 0.29) is 42.3 Å². The lowest BCUT2D eigenvalue weighted by Crippen LogP contribution is -2.64. The van der Waals surface area contributed by atoms with Gasteiger partial charge < -0.3 is 33.6 Å². The number of methoxy groups -OCH3 is 1. The minimum absolute atomic E-state index is 0.156. The Morgan fingerprint density at radius 1 is 1.04 bits per heavy atom. The van der Waals surface area contributed by atoms with Crippen molar-refractivity contribution >= 4 is 40.0 Å². The Bertz CT molecular complexity index is 2520. The average molecular weight is 952 g/mol. The zero-order chi connectivity index (χ0) is 47.6. The minimum atomic E-state index is -1.08. The van der Waals surface area contributed by atoms with Gasteiger partial charge in [-0.1, -0.05) is 33.8 Å². The summed E-state index contributed by atoms with van der Waals surface area (Å²) >= 11 is 1.42. The van der Waals surface area contributed by atoms with Crippen molar-refractivity contribution in [2.45, 2.75) is 135 Å². The van der Waals surface area contributed by atoms with Crippen molar-refractivity contribution in [3.63, 3.8) is 0 Å². The number of carbonyl (C=O) groups is 3. The fourth-order valence-corrected chi connectivity index (χ4v) is 12.7. The summed E-state index contributed by atoms with van der Waals surface area (Å²) in [7, 11) is 1.74. The largest absolute Gasteiger partial charge is 0.464 e. The smallest absolute Gasteiger partial charge is 0.324 e. The number of rotatable bonds is 10. The molecule has 8 bridgehead atoms. The maximum atomic E-state index is 14.7. The number of nitrogens with zero attached hydrogens (tertiary/aromatic N) is 5. The van der Waals surface area contributed by atoms with Crippen LogP contribution in [0, 0.1) is 23.2 Å². The molecule has 5 aliphatic heterocycles. The number of ether oxygens (including phenoxy) is 5. The molecule has 68 heavy (non-hydrogen) atoms. The normalized spacial score (nSPS) is 30.4. The van der Waals surface area contributed by atoms with E-state index >= 15 is 0 Å². The van der Waals surface area contributed by atoms with Crippen LogP contribution in [0.3, 0.4) is 0 Å². The Hall–Kier alpha value is -4.29.